The van der Waals surface area contributed by atoms with Crippen LogP contribution in [0.25, 0.3) is 0 Å². The molecule has 0 atom stereocenters. The number of rotatable bonds is 9. The zero-order valence-electron chi connectivity index (χ0n) is 13.6. The summed E-state index contributed by atoms with van der Waals surface area (Å²) < 4.78 is 10.4. The summed E-state index contributed by atoms with van der Waals surface area (Å²) in [5, 5.41) is 6.55. The van der Waals surface area contributed by atoms with Gasteiger partial charge in [-0.05, 0) is 31.4 Å². The second kappa shape index (κ2) is 13.6. The van der Waals surface area contributed by atoms with Gasteiger partial charge < -0.3 is 20.1 Å². The summed E-state index contributed by atoms with van der Waals surface area (Å²) in [7, 11) is 3.38. The largest absolute Gasteiger partial charge is 0.481 e. The lowest BCUT2D eigenvalue weighted by atomic mass is 10.2. The number of methoxy groups -OCH3 is 1. The van der Waals surface area contributed by atoms with Gasteiger partial charge in [-0.15, -0.1) is 24.0 Å². The van der Waals surface area contributed by atoms with Gasteiger partial charge in [-0.1, -0.05) is 0 Å². The molecule has 0 aliphatic rings. The van der Waals surface area contributed by atoms with Gasteiger partial charge in [0, 0.05) is 45.6 Å². The highest BCUT2D eigenvalue weighted by Gasteiger charge is 2.00. The van der Waals surface area contributed by atoms with E-state index in [0.29, 0.717) is 12.4 Å². The maximum Gasteiger partial charge on any atom is 0.213 e. The van der Waals surface area contributed by atoms with E-state index in [1.165, 1.54) is 0 Å². The van der Waals surface area contributed by atoms with Crippen molar-refractivity contribution >= 4 is 29.9 Å². The Morgan fingerprint density at radius 3 is 2.82 bits per heavy atom. The normalized spacial score (nSPS) is 10.8. The molecule has 2 N–H and O–H groups in total. The van der Waals surface area contributed by atoms with E-state index in [0.717, 1.165) is 44.1 Å². The van der Waals surface area contributed by atoms with Gasteiger partial charge in [-0.2, -0.15) is 0 Å². The van der Waals surface area contributed by atoms with Crippen molar-refractivity contribution in [3.8, 4) is 5.88 Å². The van der Waals surface area contributed by atoms with Crippen molar-refractivity contribution in [1.29, 1.82) is 0 Å². The van der Waals surface area contributed by atoms with Crippen molar-refractivity contribution in [3.63, 3.8) is 0 Å². The Hall–Kier alpha value is -1.09. The molecule has 0 bridgehead atoms. The van der Waals surface area contributed by atoms with Crippen molar-refractivity contribution in [2.24, 2.45) is 4.99 Å². The average Bonchev–Trinajstić information content (AvgIpc) is 2.53. The quantitative estimate of drug-likeness (QED) is 0.277. The van der Waals surface area contributed by atoms with Crippen LogP contribution >= 0.6 is 24.0 Å². The van der Waals surface area contributed by atoms with Gasteiger partial charge in [-0.3, -0.25) is 4.99 Å². The molecule has 1 rings (SSSR count). The van der Waals surface area contributed by atoms with E-state index in [-0.39, 0.29) is 24.0 Å². The van der Waals surface area contributed by atoms with Gasteiger partial charge >= 0.3 is 0 Å². The number of ether oxygens (including phenoxy) is 2. The molecule has 1 aromatic heterocycles. The molecular formula is C15H27IN4O2. The topological polar surface area (TPSA) is 67.8 Å². The van der Waals surface area contributed by atoms with E-state index in [2.05, 4.69) is 20.6 Å². The van der Waals surface area contributed by atoms with Crippen molar-refractivity contribution in [3.05, 3.63) is 23.9 Å². The van der Waals surface area contributed by atoms with Crippen molar-refractivity contribution in [1.82, 2.24) is 15.6 Å². The second-order valence-electron chi connectivity index (χ2n) is 4.46. The van der Waals surface area contributed by atoms with Crippen molar-refractivity contribution in [2.45, 2.75) is 26.3 Å². The monoisotopic (exact) mass is 422 g/mol. The Balaban J connectivity index is 0.00000441. The number of guanidine groups is 1. The van der Waals surface area contributed by atoms with Gasteiger partial charge in [0.15, 0.2) is 5.96 Å². The molecule has 0 aliphatic heterocycles. The summed E-state index contributed by atoms with van der Waals surface area (Å²) in [6.45, 7) is 5.18. The third kappa shape index (κ3) is 9.04. The lowest BCUT2D eigenvalue weighted by Gasteiger charge is -2.12. The number of aliphatic imine (C=N–C) groups is 1. The first-order valence-corrected chi connectivity index (χ1v) is 7.31. The molecule has 0 aliphatic carbocycles. The van der Waals surface area contributed by atoms with E-state index >= 15 is 0 Å². The number of nitrogens with zero attached hydrogens (tertiary/aromatic N) is 2. The van der Waals surface area contributed by atoms with E-state index in [9.17, 15) is 0 Å². The fourth-order valence-electron chi connectivity index (χ4n) is 1.76. The predicted molar refractivity (Wildman–Crippen MR) is 100 cm³/mol. The predicted octanol–water partition coefficient (Wildman–Crippen LogP) is 2.19. The summed E-state index contributed by atoms with van der Waals surface area (Å²) in [6.07, 6.45) is 3.85. The highest BCUT2D eigenvalue weighted by atomic mass is 127. The minimum atomic E-state index is 0. The van der Waals surface area contributed by atoms with Crippen LogP contribution in [0.1, 0.15) is 25.3 Å². The molecule has 0 spiro atoms. The first kappa shape index (κ1) is 20.9. The number of unbranched alkanes of at least 4 members (excludes halogenated alkanes) is 1. The van der Waals surface area contributed by atoms with Crippen LogP contribution in [0.15, 0.2) is 23.3 Å². The number of pyridine rings is 1. The van der Waals surface area contributed by atoms with E-state index in [4.69, 9.17) is 9.47 Å². The third-order valence-electron chi connectivity index (χ3n) is 2.90. The van der Waals surface area contributed by atoms with Crippen LogP contribution in [0.5, 0.6) is 5.88 Å². The van der Waals surface area contributed by atoms with Crippen LogP contribution in [0.2, 0.25) is 0 Å². The molecule has 0 amide bonds. The average molecular weight is 422 g/mol. The fraction of sp³-hybridized carbons (Fsp3) is 0.600. The molecule has 0 radical (unpaired) electrons. The SMILES string of the molecule is CCOCCCCNC(=NC)NCc1ccnc(OC)c1.I. The lowest BCUT2D eigenvalue weighted by Crippen LogP contribution is -2.37. The van der Waals surface area contributed by atoms with Gasteiger partial charge in [0.05, 0.1) is 7.11 Å². The number of halogens is 1. The lowest BCUT2D eigenvalue weighted by molar-refractivity contribution is 0.143. The van der Waals surface area contributed by atoms with Crippen LogP contribution in [-0.4, -0.2) is 44.9 Å². The Bertz CT molecular complexity index is 430. The maximum absolute atomic E-state index is 5.30. The first-order chi connectivity index (χ1) is 10.3. The summed E-state index contributed by atoms with van der Waals surface area (Å²) in [4.78, 5) is 8.28. The Kier molecular flexibility index (Phi) is 12.9. The molecule has 6 nitrogen and oxygen atoms in total. The highest BCUT2D eigenvalue weighted by molar-refractivity contribution is 14.0. The van der Waals surface area contributed by atoms with E-state index in [1.807, 2.05) is 19.1 Å². The molecule has 0 unspecified atom stereocenters. The number of hydrogen-bond acceptors (Lipinski definition) is 4. The minimum Gasteiger partial charge on any atom is -0.481 e. The molecular weight excluding hydrogens is 395 g/mol. The Labute approximate surface area is 150 Å². The summed E-state index contributed by atoms with van der Waals surface area (Å²) in [5.41, 5.74) is 1.10. The smallest absolute Gasteiger partial charge is 0.213 e. The molecule has 7 heteroatoms. The van der Waals surface area contributed by atoms with E-state index < -0.39 is 0 Å². The summed E-state index contributed by atoms with van der Waals surface area (Å²) in [6, 6.07) is 3.85. The van der Waals surface area contributed by atoms with Gasteiger partial charge in [-0.25, -0.2) is 4.98 Å². The van der Waals surface area contributed by atoms with Crippen LogP contribution in [0.4, 0.5) is 0 Å². The van der Waals surface area contributed by atoms with E-state index in [1.54, 1.807) is 20.4 Å². The minimum absolute atomic E-state index is 0. The fourth-order valence-corrected chi connectivity index (χ4v) is 1.76. The van der Waals surface area contributed by atoms with Gasteiger partial charge in [0.2, 0.25) is 5.88 Å². The van der Waals surface area contributed by atoms with Crippen molar-refractivity contribution < 1.29 is 9.47 Å². The number of nitrogens with one attached hydrogen (secondary N) is 2. The van der Waals surface area contributed by atoms with Crippen molar-refractivity contribution in [2.75, 3.05) is 33.9 Å². The zero-order valence-corrected chi connectivity index (χ0v) is 15.9. The molecule has 126 valence electrons. The summed E-state index contributed by atoms with van der Waals surface area (Å²) >= 11 is 0. The zero-order chi connectivity index (χ0) is 15.3. The molecule has 0 fully saturated rings. The highest BCUT2D eigenvalue weighted by Crippen LogP contribution is 2.07. The molecule has 0 saturated carbocycles. The Morgan fingerprint density at radius 1 is 1.32 bits per heavy atom. The Morgan fingerprint density at radius 2 is 2.14 bits per heavy atom. The molecule has 1 aromatic rings. The molecule has 0 saturated heterocycles. The van der Waals surface area contributed by atoms with Crippen LogP contribution in [0, 0.1) is 0 Å². The molecule has 0 aromatic carbocycles. The maximum atomic E-state index is 5.30. The number of aromatic nitrogens is 1. The van der Waals surface area contributed by atoms with Crippen LogP contribution in [0.3, 0.4) is 0 Å². The van der Waals surface area contributed by atoms with Gasteiger partial charge in [0.25, 0.3) is 0 Å². The number of hydrogen-bond donors (Lipinski definition) is 2. The first-order valence-electron chi connectivity index (χ1n) is 7.31. The van der Waals surface area contributed by atoms with Crippen LogP contribution in [-0.2, 0) is 11.3 Å². The third-order valence-corrected chi connectivity index (χ3v) is 2.90. The summed E-state index contributed by atoms with van der Waals surface area (Å²) in [5.74, 6) is 1.41. The van der Waals surface area contributed by atoms with Crippen LogP contribution < -0.4 is 15.4 Å². The second-order valence-corrected chi connectivity index (χ2v) is 4.46. The standard InChI is InChI=1S/C15H26N4O2.HI/c1-4-21-10-6-5-8-18-15(16-2)19-12-13-7-9-17-14(11-13)20-3;/h7,9,11H,4-6,8,10,12H2,1-3H3,(H2,16,18,19);1H. The molecule has 22 heavy (non-hydrogen) atoms. The molecule has 1 heterocycles. The van der Waals surface area contributed by atoms with Gasteiger partial charge in [0.1, 0.15) is 0 Å².